The molecular formula is C11H19N3O. The number of H-pyrrole nitrogens is 1. The molecule has 1 rings (SSSR count). The van der Waals surface area contributed by atoms with E-state index in [1.165, 1.54) is 17.4 Å². The summed E-state index contributed by atoms with van der Waals surface area (Å²) in [6.45, 7) is 11.9. The zero-order valence-electron chi connectivity index (χ0n) is 9.87. The lowest BCUT2D eigenvalue weighted by atomic mass is 10.3. The van der Waals surface area contributed by atoms with Crippen LogP contribution in [0.5, 0.6) is 0 Å². The van der Waals surface area contributed by atoms with Crippen LogP contribution in [0.3, 0.4) is 0 Å². The minimum absolute atomic E-state index is 0.115. The van der Waals surface area contributed by atoms with E-state index in [2.05, 4.69) is 16.5 Å². The molecule has 1 heterocycles. The van der Waals surface area contributed by atoms with Crippen LogP contribution in [-0.4, -0.2) is 27.3 Å². The van der Waals surface area contributed by atoms with Crippen LogP contribution in [0.2, 0.25) is 0 Å². The van der Waals surface area contributed by atoms with Crippen molar-refractivity contribution in [2.45, 2.75) is 27.7 Å². The van der Waals surface area contributed by atoms with Gasteiger partial charge in [-0.2, -0.15) is 0 Å². The third-order valence-electron chi connectivity index (χ3n) is 1.85. The predicted octanol–water partition coefficient (Wildman–Crippen LogP) is 2.35. The first kappa shape index (κ1) is 13.4. The van der Waals surface area contributed by atoms with Crippen LogP contribution in [0.25, 0.3) is 0 Å². The molecule has 1 N–H and O–H groups in total. The maximum absolute atomic E-state index is 11.7. The molecule has 0 aliphatic carbocycles. The quantitative estimate of drug-likeness (QED) is 0.830. The zero-order chi connectivity index (χ0) is 11.8. The Bertz CT molecular complexity index is 317. The van der Waals surface area contributed by atoms with Crippen molar-refractivity contribution < 1.29 is 4.79 Å². The molecule has 0 aliphatic rings. The molecule has 0 radical (unpaired) electrons. The average molecular weight is 209 g/mol. The molecule has 0 bridgehead atoms. The van der Waals surface area contributed by atoms with Gasteiger partial charge in [0.1, 0.15) is 5.69 Å². The lowest BCUT2D eigenvalue weighted by molar-refractivity contribution is 0.0823. The van der Waals surface area contributed by atoms with Crippen molar-refractivity contribution >= 4 is 5.91 Å². The SMILES string of the molecule is C=CN(CC)C(=O)c1nc[nH]c1C.CC. The summed E-state index contributed by atoms with van der Waals surface area (Å²) in [5, 5.41) is 0. The van der Waals surface area contributed by atoms with Gasteiger partial charge in [0.05, 0.1) is 6.33 Å². The Morgan fingerprint density at radius 2 is 2.27 bits per heavy atom. The first-order valence-corrected chi connectivity index (χ1v) is 5.14. The van der Waals surface area contributed by atoms with Crippen LogP contribution >= 0.6 is 0 Å². The van der Waals surface area contributed by atoms with Crippen LogP contribution in [0, 0.1) is 6.92 Å². The second kappa shape index (κ2) is 6.81. The number of aromatic amines is 1. The van der Waals surface area contributed by atoms with E-state index in [9.17, 15) is 4.79 Å². The molecule has 0 aliphatic heterocycles. The Labute approximate surface area is 91.0 Å². The van der Waals surface area contributed by atoms with Gasteiger partial charge < -0.3 is 9.88 Å². The van der Waals surface area contributed by atoms with Crippen molar-refractivity contribution in [2.75, 3.05) is 6.54 Å². The number of nitrogens with zero attached hydrogens (tertiary/aromatic N) is 2. The number of carbonyl (C=O) groups excluding carboxylic acids is 1. The highest BCUT2D eigenvalue weighted by Gasteiger charge is 2.15. The fraction of sp³-hybridized carbons (Fsp3) is 0.455. The average Bonchev–Trinajstić information content (AvgIpc) is 2.69. The Morgan fingerprint density at radius 3 is 2.60 bits per heavy atom. The molecule has 0 spiro atoms. The second-order valence-corrected chi connectivity index (χ2v) is 2.65. The van der Waals surface area contributed by atoms with Crippen LogP contribution in [0.15, 0.2) is 19.1 Å². The standard InChI is InChI=1S/C9H13N3O.C2H6/c1-4-12(5-2)9(13)8-7(3)10-6-11-8;1-2/h4,6H,1,5H2,2-3H3,(H,10,11);1-2H3. The van der Waals surface area contributed by atoms with Crippen molar-refractivity contribution in [3.05, 3.63) is 30.5 Å². The van der Waals surface area contributed by atoms with Gasteiger partial charge in [0.2, 0.25) is 0 Å². The number of amides is 1. The third kappa shape index (κ3) is 3.23. The summed E-state index contributed by atoms with van der Waals surface area (Å²) in [5.41, 5.74) is 1.24. The predicted molar refractivity (Wildman–Crippen MR) is 61.6 cm³/mol. The fourth-order valence-electron chi connectivity index (χ4n) is 1.07. The van der Waals surface area contributed by atoms with Gasteiger partial charge in [-0.1, -0.05) is 20.4 Å². The summed E-state index contributed by atoms with van der Waals surface area (Å²) < 4.78 is 0. The van der Waals surface area contributed by atoms with Gasteiger partial charge in [0, 0.05) is 12.2 Å². The van der Waals surface area contributed by atoms with Crippen molar-refractivity contribution in [1.82, 2.24) is 14.9 Å². The lowest BCUT2D eigenvalue weighted by Crippen LogP contribution is -2.25. The largest absolute Gasteiger partial charge is 0.348 e. The highest BCUT2D eigenvalue weighted by atomic mass is 16.2. The second-order valence-electron chi connectivity index (χ2n) is 2.65. The highest BCUT2D eigenvalue weighted by Crippen LogP contribution is 2.05. The summed E-state index contributed by atoms with van der Waals surface area (Å²) in [4.78, 5) is 20.0. The topological polar surface area (TPSA) is 49.0 Å². The highest BCUT2D eigenvalue weighted by molar-refractivity contribution is 5.93. The summed E-state index contributed by atoms with van der Waals surface area (Å²) in [5.74, 6) is -0.115. The van der Waals surface area contributed by atoms with E-state index in [-0.39, 0.29) is 5.91 Å². The summed E-state index contributed by atoms with van der Waals surface area (Å²) in [6, 6.07) is 0. The smallest absolute Gasteiger partial charge is 0.278 e. The molecule has 4 nitrogen and oxygen atoms in total. The summed E-state index contributed by atoms with van der Waals surface area (Å²) >= 11 is 0. The van der Waals surface area contributed by atoms with E-state index in [0.717, 1.165) is 5.69 Å². The third-order valence-corrected chi connectivity index (χ3v) is 1.85. The summed E-state index contributed by atoms with van der Waals surface area (Å²) in [6.07, 6.45) is 3.02. The van der Waals surface area contributed by atoms with Gasteiger partial charge in [0.15, 0.2) is 0 Å². The Hall–Kier alpha value is -1.58. The van der Waals surface area contributed by atoms with E-state index < -0.39 is 0 Å². The molecule has 1 aromatic heterocycles. The lowest BCUT2D eigenvalue weighted by Gasteiger charge is -2.13. The number of nitrogens with one attached hydrogen (secondary N) is 1. The van der Waals surface area contributed by atoms with Crippen LogP contribution in [0.1, 0.15) is 37.0 Å². The Morgan fingerprint density at radius 1 is 1.67 bits per heavy atom. The minimum atomic E-state index is -0.115. The van der Waals surface area contributed by atoms with E-state index in [1.54, 1.807) is 0 Å². The number of aryl methyl sites for hydroxylation is 1. The zero-order valence-corrected chi connectivity index (χ0v) is 9.87. The normalized spacial score (nSPS) is 8.80. The molecule has 4 heteroatoms. The van der Waals surface area contributed by atoms with Gasteiger partial charge in [0.25, 0.3) is 5.91 Å². The molecule has 1 aromatic rings. The molecule has 0 fully saturated rings. The van der Waals surface area contributed by atoms with Gasteiger partial charge in [-0.15, -0.1) is 0 Å². The van der Waals surface area contributed by atoms with E-state index in [4.69, 9.17) is 0 Å². The van der Waals surface area contributed by atoms with Gasteiger partial charge in [-0.3, -0.25) is 4.79 Å². The number of hydrogen-bond acceptors (Lipinski definition) is 2. The van der Waals surface area contributed by atoms with Gasteiger partial charge >= 0.3 is 0 Å². The molecule has 15 heavy (non-hydrogen) atoms. The van der Waals surface area contributed by atoms with Crippen LogP contribution < -0.4 is 0 Å². The first-order chi connectivity index (χ1) is 7.20. The Balaban J connectivity index is 0.000000921. The monoisotopic (exact) mass is 209 g/mol. The molecule has 0 aromatic carbocycles. The van der Waals surface area contributed by atoms with E-state index >= 15 is 0 Å². The number of carbonyl (C=O) groups is 1. The minimum Gasteiger partial charge on any atom is -0.348 e. The van der Waals surface area contributed by atoms with Crippen molar-refractivity contribution in [1.29, 1.82) is 0 Å². The maximum Gasteiger partial charge on any atom is 0.278 e. The molecule has 0 atom stereocenters. The molecule has 0 unspecified atom stereocenters. The molecule has 1 amide bonds. The van der Waals surface area contributed by atoms with Gasteiger partial charge in [-0.05, 0) is 20.0 Å². The van der Waals surface area contributed by atoms with Crippen LogP contribution in [0.4, 0.5) is 0 Å². The van der Waals surface area contributed by atoms with Crippen molar-refractivity contribution in [3.8, 4) is 0 Å². The van der Waals surface area contributed by atoms with Crippen molar-refractivity contribution in [3.63, 3.8) is 0 Å². The van der Waals surface area contributed by atoms with Crippen LogP contribution in [-0.2, 0) is 0 Å². The molecule has 84 valence electrons. The maximum atomic E-state index is 11.7. The summed E-state index contributed by atoms with van der Waals surface area (Å²) in [7, 11) is 0. The molecule has 0 saturated heterocycles. The fourth-order valence-corrected chi connectivity index (χ4v) is 1.07. The number of aromatic nitrogens is 2. The number of rotatable bonds is 3. The Kier molecular flexibility index (Phi) is 6.09. The van der Waals surface area contributed by atoms with E-state index in [1.807, 2.05) is 27.7 Å². The van der Waals surface area contributed by atoms with Gasteiger partial charge in [-0.25, -0.2) is 4.98 Å². The molecular weight excluding hydrogens is 190 g/mol. The molecule has 0 saturated carbocycles. The first-order valence-electron chi connectivity index (χ1n) is 5.14. The number of hydrogen-bond donors (Lipinski definition) is 1. The van der Waals surface area contributed by atoms with E-state index in [0.29, 0.717) is 12.2 Å². The van der Waals surface area contributed by atoms with Crippen molar-refractivity contribution in [2.24, 2.45) is 0 Å². The number of imidazole rings is 1.